The van der Waals surface area contributed by atoms with Crippen molar-refractivity contribution in [2.75, 3.05) is 12.4 Å². The van der Waals surface area contributed by atoms with Crippen LogP contribution < -0.4 is 15.2 Å². The highest BCUT2D eigenvalue weighted by Crippen LogP contribution is 2.42. The van der Waals surface area contributed by atoms with Gasteiger partial charge < -0.3 is 19.9 Å². The molecule has 7 nitrogen and oxygen atoms in total. The largest absolute Gasteiger partial charge is 0.485 e. The van der Waals surface area contributed by atoms with Crippen LogP contribution in [0.15, 0.2) is 108 Å². The molecule has 0 radical (unpaired) electrons. The van der Waals surface area contributed by atoms with E-state index in [9.17, 15) is 9.59 Å². The summed E-state index contributed by atoms with van der Waals surface area (Å²) in [7, 11) is 0. The fraction of sp³-hybridized carbons (Fsp3) is 0.152. The minimum atomic E-state index is -0.707. The number of hydrogen-bond acceptors (Lipinski definition) is 7. The third-order valence-electron chi connectivity index (χ3n) is 7.13. The van der Waals surface area contributed by atoms with E-state index in [1.54, 1.807) is 36.4 Å². The summed E-state index contributed by atoms with van der Waals surface area (Å²) in [5, 5.41) is 0.827. The molecule has 2 aliphatic heterocycles. The van der Waals surface area contributed by atoms with Gasteiger partial charge in [0.15, 0.2) is 17.6 Å². The van der Waals surface area contributed by atoms with Crippen LogP contribution in [0, 0.1) is 0 Å². The highest BCUT2D eigenvalue weighted by atomic mass is 35.5. The number of esters is 1. The highest BCUT2D eigenvalue weighted by Gasteiger charge is 2.52. The summed E-state index contributed by atoms with van der Waals surface area (Å²) in [5.74, 6) is 0.423. The van der Waals surface area contributed by atoms with E-state index in [4.69, 9.17) is 54.7 Å². The molecule has 1 fully saturated rings. The third-order valence-corrected chi connectivity index (χ3v) is 9.26. The number of β-lactam (4-membered cyclic amide) rings is 1. The van der Waals surface area contributed by atoms with Crippen LogP contribution in [0.4, 0.5) is 0 Å². The average molecular weight is 668 g/mol. The number of nitrogens with two attached hydrogens (primary N) is 1. The van der Waals surface area contributed by atoms with Gasteiger partial charge in [0.25, 0.3) is 0 Å². The topological polar surface area (TPSA) is 91.1 Å². The summed E-state index contributed by atoms with van der Waals surface area (Å²) in [5.41, 5.74) is 8.37. The molecule has 224 valence electrons. The average Bonchev–Trinajstić information content (AvgIpc) is 3.04. The van der Waals surface area contributed by atoms with E-state index in [2.05, 4.69) is 0 Å². The Morgan fingerprint density at radius 3 is 2.11 bits per heavy atom. The first-order chi connectivity index (χ1) is 21.3. The first-order valence-electron chi connectivity index (χ1n) is 13.6. The number of amides is 1. The van der Waals surface area contributed by atoms with Gasteiger partial charge in [-0.3, -0.25) is 9.69 Å². The monoisotopic (exact) mass is 666 g/mol. The van der Waals surface area contributed by atoms with E-state index in [-0.39, 0.29) is 23.6 Å². The Morgan fingerprint density at radius 2 is 1.48 bits per heavy atom. The van der Waals surface area contributed by atoms with Gasteiger partial charge in [-0.25, -0.2) is 4.79 Å². The van der Waals surface area contributed by atoms with Gasteiger partial charge in [-0.05, 0) is 41.5 Å². The van der Waals surface area contributed by atoms with Crippen LogP contribution in [-0.2, 0) is 14.3 Å². The predicted molar refractivity (Wildman–Crippen MR) is 172 cm³/mol. The molecule has 2 N–H and O–H groups in total. The smallest absolute Gasteiger partial charge is 0.356 e. The van der Waals surface area contributed by atoms with Gasteiger partial charge in [-0.1, -0.05) is 95.5 Å². The summed E-state index contributed by atoms with van der Waals surface area (Å²) in [6.07, 6.45) is -0.699. The number of nitrogens with zero attached hydrogens (tertiary/aromatic N) is 1. The normalized spacial score (nSPS) is 17.7. The summed E-state index contributed by atoms with van der Waals surface area (Å²) >= 11 is 20.1. The van der Waals surface area contributed by atoms with Gasteiger partial charge in [0.2, 0.25) is 5.91 Å². The molecule has 2 heterocycles. The number of fused-ring (bicyclic) bond motifs is 1. The second kappa shape index (κ2) is 13.1. The second-order valence-electron chi connectivity index (χ2n) is 10.1. The van der Waals surface area contributed by atoms with Gasteiger partial charge in [0, 0.05) is 27.4 Å². The van der Waals surface area contributed by atoms with E-state index in [0.29, 0.717) is 43.6 Å². The van der Waals surface area contributed by atoms with E-state index < -0.39 is 18.1 Å². The number of hydrogen-bond donors (Lipinski definition) is 1. The molecule has 4 aromatic rings. The van der Waals surface area contributed by atoms with E-state index in [1.807, 2.05) is 60.7 Å². The Balaban J connectivity index is 1.31. The van der Waals surface area contributed by atoms with Crippen molar-refractivity contribution < 1.29 is 23.8 Å². The van der Waals surface area contributed by atoms with E-state index in [1.165, 1.54) is 16.7 Å². The minimum Gasteiger partial charge on any atom is -0.485 e. The molecule has 0 saturated carbocycles. The maximum Gasteiger partial charge on any atom is 0.356 e. The lowest BCUT2D eigenvalue weighted by atomic mass is 10.0. The van der Waals surface area contributed by atoms with Crippen LogP contribution in [0.1, 0.15) is 17.2 Å². The van der Waals surface area contributed by atoms with Crippen molar-refractivity contribution in [3.8, 4) is 17.2 Å². The summed E-state index contributed by atoms with van der Waals surface area (Å²) in [4.78, 5) is 28.4. The van der Waals surface area contributed by atoms with Crippen molar-refractivity contribution in [1.29, 1.82) is 0 Å². The van der Waals surface area contributed by atoms with E-state index >= 15 is 0 Å². The highest BCUT2D eigenvalue weighted by molar-refractivity contribution is 8.00. The number of benzene rings is 4. The van der Waals surface area contributed by atoms with Gasteiger partial charge in [-0.2, -0.15) is 0 Å². The minimum absolute atomic E-state index is 0.0461. The standard InChI is InChI=1S/C33H25Cl3N2O5S/c34-22-11-13-25(24(36)15-22)42-26-14-12-23(35)16-27(26)41-17-21-18-44-32-28(37)31(39)38(32)29(21)33(40)43-30(19-7-3-1-4-8-19)20-9-5-2-6-10-20/h1-16,28,30,32H,17-18,37H2/t28-,32-/m1/s1. The van der Waals surface area contributed by atoms with Crippen molar-refractivity contribution in [2.24, 2.45) is 5.73 Å². The van der Waals surface area contributed by atoms with Crippen LogP contribution in [0.25, 0.3) is 0 Å². The Hall–Kier alpha value is -3.66. The van der Waals surface area contributed by atoms with Crippen LogP contribution in [0.3, 0.4) is 0 Å². The Labute approximate surface area is 273 Å². The zero-order chi connectivity index (χ0) is 30.8. The van der Waals surface area contributed by atoms with Crippen molar-refractivity contribution in [3.05, 3.63) is 135 Å². The molecule has 0 unspecified atom stereocenters. The Kier molecular flexibility index (Phi) is 9.07. The van der Waals surface area contributed by atoms with Crippen molar-refractivity contribution in [1.82, 2.24) is 4.90 Å². The first kappa shape index (κ1) is 30.4. The second-order valence-corrected chi connectivity index (χ2v) is 12.4. The molecule has 4 aromatic carbocycles. The molecule has 0 aromatic heterocycles. The molecule has 0 aliphatic carbocycles. The summed E-state index contributed by atoms with van der Waals surface area (Å²) in [6, 6.07) is 27.9. The molecule has 1 amide bonds. The summed E-state index contributed by atoms with van der Waals surface area (Å²) in [6.45, 7) is -0.0461. The molecule has 2 atom stereocenters. The number of halogens is 3. The van der Waals surface area contributed by atoms with Gasteiger partial charge in [-0.15, -0.1) is 11.8 Å². The number of ether oxygens (including phenoxy) is 3. The third kappa shape index (κ3) is 6.27. The van der Waals surface area contributed by atoms with Crippen LogP contribution in [0.5, 0.6) is 17.2 Å². The van der Waals surface area contributed by atoms with Crippen molar-refractivity contribution >= 4 is 58.4 Å². The Bertz CT molecular complexity index is 1700. The molecule has 2 aliphatic rings. The van der Waals surface area contributed by atoms with Gasteiger partial charge in [0.1, 0.15) is 29.5 Å². The quantitative estimate of drug-likeness (QED) is 0.145. The van der Waals surface area contributed by atoms with Gasteiger partial charge in [0.05, 0.1) is 5.02 Å². The molecule has 6 rings (SSSR count). The fourth-order valence-corrected chi connectivity index (χ4v) is 6.83. The molecule has 0 spiro atoms. The number of carbonyl (C=O) groups excluding carboxylic acids is 2. The maximum absolute atomic E-state index is 14.0. The van der Waals surface area contributed by atoms with Crippen molar-refractivity contribution in [3.63, 3.8) is 0 Å². The fourth-order valence-electron chi connectivity index (χ4n) is 4.95. The molecule has 44 heavy (non-hydrogen) atoms. The van der Waals surface area contributed by atoms with Gasteiger partial charge >= 0.3 is 5.97 Å². The molecule has 11 heteroatoms. The van der Waals surface area contributed by atoms with E-state index in [0.717, 1.165) is 11.1 Å². The molecule has 0 bridgehead atoms. The zero-order valence-corrected chi connectivity index (χ0v) is 26.1. The number of rotatable bonds is 9. The lowest BCUT2D eigenvalue weighted by Gasteiger charge is -2.48. The summed E-state index contributed by atoms with van der Waals surface area (Å²) < 4.78 is 18.4. The SMILES string of the molecule is N[C@@H]1C(=O)N2C(C(=O)OC(c3ccccc3)c3ccccc3)=C(COc3cc(Cl)ccc3Oc3ccc(Cl)cc3Cl)CS[C@H]12. The van der Waals surface area contributed by atoms with Crippen LogP contribution >= 0.6 is 46.6 Å². The zero-order valence-electron chi connectivity index (χ0n) is 23.0. The number of thioether (sulfide) groups is 1. The maximum atomic E-state index is 14.0. The van der Waals surface area contributed by atoms with Crippen LogP contribution in [-0.4, -0.2) is 40.6 Å². The molecular weight excluding hydrogens is 643 g/mol. The van der Waals surface area contributed by atoms with Crippen LogP contribution in [0.2, 0.25) is 15.1 Å². The molecule has 1 saturated heterocycles. The lowest BCUT2D eigenvalue weighted by molar-refractivity contribution is -0.153. The predicted octanol–water partition coefficient (Wildman–Crippen LogP) is 7.65. The first-order valence-corrected chi connectivity index (χ1v) is 15.8. The Morgan fingerprint density at radius 1 is 0.864 bits per heavy atom. The van der Waals surface area contributed by atoms with Crippen molar-refractivity contribution in [2.45, 2.75) is 17.5 Å². The lowest BCUT2D eigenvalue weighted by Crippen LogP contribution is -2.68. The molecular formula is C33H25Cl3N2O5S. The number of carbonyl (C=O) groups is 2.